The third kappa shape index (κ3) is 2.29. The number of anilines is 1. The van der Waals surface area contributed by atoms with Crippen LogP contribution in [0.15, 0.2) is 28.7 Å². The molecule has 0 radical (unpaired) electrons. The van der Waals surface area contributed by atoms with E-state index < -0.39 is 0 Å². The maximum Gasteiger partial charge on any atom is 0.298 e. The van der Waals surface area contributed by atoms with Crippen LogP contribution in [0, 0.1) is 17.8 Å². The molecule has 24 heavy (non-hydrogen) atoms. The van der Waals surface area contributed by atoms with E-state index in [4.69, 9.17) is 4.42 Å². The van der Waals surface area contributed by atoms with E-state index >= 15 is 0 Å². The quantitative estimate of drug-likeness (QED) is 0.852. The van der Waals surface area contributed by atoms with Gasteiger partial charge in [0.25, 0.3) is 6.01 Å². The van der Waals surface area contributed by atoms with Gasteiger partial charge < -0.3 is 14.2 Å². The van der Waals surface area contributed by atoms with Crippen molar-refractivity contribution >= 4 is 23.0 Å². The van der Waals surface area contributed by atoms with Gasteiger partial charge >= 0.3 is 0 Å². The molecule has 3 unspecified atom stereocenters. The lowest BCUT2D eigenvalue weighted by molar-refractivity contribution is -0.134. The number of para-hydroxylation sites is 2. The second kappa shape index (κ2) is 5.50. The fourth-order valence-electron chi connectivity index (χ4n) is 4.80. The summed E-state index contributed by atoms with van der Waals surface area (Å²) in [6.07, 6.45) is 4.89. The van der Waals surface area contributed by atoms with E-state index in [-0.39, 0.29) is 5.92 Å². The standard InChI is InChI=1S/C19H23N3O2/c23-18(22-10-13-4-3-5-14(13)11-22)15-8-9-21(12-15)19-20-16-6-1-2-7-17(16)24-19/h1-2,6-7,13-15H,3-5,8-12H2. The van der Waals surface area contributed by atoms with E-state index in [1.807, 2.05) is 24.3 Å². The van der Waals surface area contributed by atoms with E-state index in [2.05, 4.69) is 14.8 Å². The molecule has 0 N–H and O–H groups in total. The number of likely N-dealkylation sites (tertiary alicyclic amines) is 1. The van der Waals surface area contributed by atoms with Crippen molar-refractivity contribution < 1.29 is 9.21 Å². The van der Waals surface area contributed by atoms with Crippen molar-refractivity contribution in [3.63, 3.8) is 0 Å². The third-order valence-corrected chi connectivity index (χ3v) is 6.13. The van der Waals surface area contributed by atoms with Gasteiger partial charge in [0.05, 0.1) is 5.92 Å². The lowest BCUT2D eigenvalue weighted by atomic mass is 10.0. The summed E-state index contributed by atoms with van der Waals surface area (Å²) < 4.78 is 5.86. The molecule has 0 spiro atoms. The molecule has 1 amide bonds. The zero-order chi connectivity index (χ0) is 16.1. The number of fused-ring (bicyclic) bond motifs is 2. The zero-order valence-electron chi connectivity index (χ0n) is 13.9. The van der Waals surface area contributed by atoms with Crippen molar-refractivity contribution in [2.75, 3.05) is 31.1 Å². The second-order valence-corrected chi connectivity index (χ2v) is 7.59. The lowest BCUT2D eigenvalue weighted by Crippen LogP contribution is -2.36. The first-order valence-corrected chi connectivity index (χ1v) is 9.17. The van der Waals surface area contributed by atoms with Crippen LogP contribution < -0.4 is 4.90 Å². The van der Waals surface area contributed by atoms with E-state index in [1.165, 1.54) is 19.3 Å². The Morgan fingerprint density at radius 2 is 1.88 bits per heavy atom. The van der Waals surface area contributed by atoms with Crippen LogP contribution in [0.4, 0.5) is 6.01 Å². The van der Waals surface area contributed by atoms with Crippen LogP contribution in [-0.4, -0.2) is 42.0 Å². The number of benzene rings is 1. The third-order valence-electron chi connectivity index (χ3n) is 6.13. The van der Waals surface area contributed by atoms with Gasteiger partial charge in [-0.1, -0.05) is 18.6 Å². The number of hydrogen-bond acceptors (Lipinski definition) is 4. The lowest BCUT2D eigenvalue weighted by Gasteiger charge is -2.21. The molecule has 3 heterocycles. The van der Waals surface area contributed by atoms with Gasteiger partial charge in [-0.15, -0.1) is 0 Å². The molecule has 1 aromatic carbocycles. The van der Waals surface area contributed by atoms with Gasteiger partial charge in [0.15, 0.2) is 5.58 Å². The summed E-state index contributed by atoms with van der Waals surface area (Å²) in [5, 5.41) is 0. The van der Waals surface area contributed by atoms with Crippen molar-refractivity contribution in [2.24, 2.45) is 17.8 Å². The monoisotopic (exact) mass is 325 g/mol. The fourth-order valence-corrected chi connectivity index (χ4v) is 4.80. The number of carbonyl (C=O) groups excluding carboxylic acids is 1. The maximum absolute atomic E-state index is 12.9. The molecule has 3 aliphatic rings. The molecule has 1 aliphatic carbocycles. The summed E-state index contributed by atoms with van der Waals surface area (Å²) in [4.78, 5) is 21.7. The highest BCUT2D eigenvalue weighted by atomic mass is 16.4. The molecule has 2 aliphatic heterocycles. The minimum Gasteiger partial charge on any atom is -0.423 e. The average molecular weight is 325 g/mol. The smallest absolute Gasteiger partial charge is 0.298 e. The Bertz CT molecular complexity index is 726. The predicted octanol–water partition coefficient (Wildman–Crippen LogP) is 2.91. The molecule has 5 nitrogen and oxygen atoms in total. The van der Waals surface area contributed by atoms with Crippen LogP contribution >= 0.6 is 0 Å². The molecule has 126 valence electrons. The average Bonchev–Trinajstić information content (AvgIpc) is 3.34. The van der Waals surface area contributed by atoms with E-state index in [0.29, 0.717) is 11.9 Å². The van der Waals surface area contributed by atoms with Gasteiger partial charge in [0.2, 0.25) is 5.91 Å². The summed E-state index contributed by atoms with van der Waals surface area (Å²) in [6, 6.07) is 8.48. The van der Waals surface area contributed by atoms with Gasteiger partial charge in [-0.2, -0.15) is 4.98 Å². The normalized spacial score (nSPS) is 29.6. The Morgan fingerprint density at radius 1 is 1.08 bits per heavy atom. The van der Waals surface area contributed by atoms with Crippen LogP contribution in [0.1, 0.15) is 25.7 Å². The molecular formula is C19H23N3O2. The van der Waals surface area contributed by atoms with Crippen molar-refractivity contribution in [3.8, 4) is 0 Å². The van der Waals surface area contributed by atoms with Crippen LogP contribution in [0.25, 0.3) is 11.1 Å². The van der Waals surface area contributed by atoms with Gasteiger partial charge in [0.1, 0.15) is 5.52 Å². The first-order valence-electron chi connectivity index (χ1n) is 9.17. The van der Waals surface area contributed by atoms with Gasteiger partial charge in [-0.3, -0.25) is 4.79 Å². The number of aromatic nitrogens is 1. The molecule has 0 bridgehead atoms. The topological polar surface area (TPSA) is 49.6 Å². The first-order chi connectivity index (χ1) is 11.8. The highest BCUT2D eigenvalue weighted by Crippen LogP contribution is 2.38. The second-order valence-electron chi connectivity index (χ2n) is 7.59. The van der Waals surface area contributed by atoms with Crippen molar-refractivity contribution in [2.45, 2.75) is 25.7 Å². The van der Waals surface area contributed by atoms with Crippen molar-refractivity contribution in [3.05, 3.63) is 24.3 Å². The van der Waals surface area contributed by atoms with E-state index in [0.717, 1.165) is 55.5 Å². The molecule has 1 saturated carbocycles. The maximum atomic E-state index is 12.9. The van der Waals surface area contributed by atoms with Crippen LogP contribution in [0.3, 0.4) is 0 Å². The Labute approximate surface area is 141 Å². The minimum atomic E-state index is 0.0961. The Kier molecular flexibility index (Phi) is 3.28. The van der Waals surface area contributed by atoms with Crippen LogP contribution in [-0.2, 0) is 4.79 Å². The highest BCUT2D eigenvalue weighted by molar-refractivity contribution is 5.81. The molecular weight excluding hydrogens is 302 g/mol. The van der Waals surface area contributed by atoms with E-state index in [9.17, 15) is 4.79 Å². The van der Waals surface area contributed by atoms with Gasteiger partial charge in [0, 0.05) is 26.2 Å². The Balaban J connectivity index is 1.27. The Morgan fingerprint density at radius 3 is 2.67 bits per heavy atom. The molecule has 2 aromatic rings. The molecule has 5 rings (SSSR count). The number of rotatable bonds is 2. The summed E-state index contributed by atoms with van der Waals surface area (Å²) in [5.41, 5.74) is 1.70. The molecule has 5 heteroatoms. The molecule has 3 atom stereocenters. The van der Waals surface area contributed by atoms with Crippen molar-refractivity contribution in [1.82, 2.24) is 9.88 Å². The molecule has 3 fully saturated rings. The highest BCUT2D eigenvalue weighted by Gasteiger charge is 2.41. The van der Waals surface area contributed by atoms with Gasteiger partial charge in [-0.05, 0) is 43.2 Å². The zero-order valence-corrected chi connectivity index (χ0v) is 13.9. The number of oxazole rings is 1. The molecule has 2 saturated heterocycles. The summed E-state index contributed by atoms with van der Waals surface area (Å²) in [5.74, 6) is 1.98. The first kappa shape index (κ1) is 14.3. The number of amides is 1. The number of nitrogens with zero attached hydrogens (tertiary/aromatic N) is 3. The number of carbonyl (C=O) groups is 1. The SMILES string of the molecule is O=C(C1CCN(c2nc3ccccc3o2)C1)N1CC2CCCC2C1. The summed E-state index contributed by atoms with van der Waals surface area (Å²) in [7, 11) is 0. The number of hydrogen-bond donors (Lipinski definition) is 0. The Hall–Kier alpha value is -2.04. The molecule has 1 aromatic heterocycles. The fraction of sp³-hybridized carbons (Fsp3) is 0.579. The largest absolute Gasteiger partial charge is 0.423 e. The van der Waals surface area contributed by atoms with Crippen LogP contribution in [0.5, 0.6) is 0 Å². The van der Waals surface area contributed by atoms with Crippen LogP contribution in [0.2, 0.25) is 0 Å². The summed E-state index contributed by atoms with van der Waals surface area (Å²) in [6.45, 7) is 3.56. The van der Waals surface area contributed by atoms with E-state index in [1.54, 1.807) is 0 Å². The summed E-state index contributed by atoms with van der Waals surface area (Å²) >= 11 is 0. The minimum absolute atomic E-state index is 0.0961. The predicted molar refractivity (Wildman–Crippen MR) is 91.7 cm³/mol. The van der Waals surface area contributed by atoms with Crippen molar-refractivity contribution in [1.29, 1.82) is 0 Å². The van der Waals surface area contributed by atoms with Gasteiger partial charge in [-0.25, -0.2) is 0 Å².